The Balaban J connectivity index is 2.40. The van der Waals surface area contributed by atoms with Crippen molar-refractivity contribution in [1.29, 1.82) is 0 Å². The summed E-state index contributed by atoms with van der Waals surface area (Å²) in [5.74, 6) is 0.411. The highest BCUT2D eigenvalue weighted by atomic mass is 35.5. The average Bonchev–Trinajstić information content (AvgIpc) is 2.52. The van der Waals surface area contributed by atoms with Crippen LogP contribution in [-0.2, 0) is 7.05 Å². The standard InChI is InChI=1S/C8H12ClN3O/c1-12-6-3-7(11-12)8(13)10-5-2-4-9/h3,6H,2,4-5H2,1H3,(H,10,13). The molecule has 0 aromatic carbocycles. The number of hydrogen-bond acceptors (Lipinski definition) is 2. The lowest BCUT2D eigenvalue weighted by Crippen LogP contribution is -2.25. The molecule has 0 fully saturated rings. The van der Waals surface area contributed by atoms with E-state index in [2.05, 4.69) is 10.4 Å². The Bertz CT molecular complexity index is 285. The topological polar surface area (TPSA) is 46.9 Å². The maximum absolute atomic E-state index is 11.3. The lowest BCUT2D eigenvalue weighted by Gasteiger charge is -1.99. The van der Waals surface area contributed by atoms with Crippen LogP contribution < -0.4 is 5.32 Å². The number of carbonyl (C=O) groups excluding carboxylic acids is 1. The number of nitrogens with one attached hydrogen (secondary N) is 1. The van der Waals surface area contributed by atoms with Gasteiger partial charge in [-0.05, 0) is 12.5 Å². The number of amides is 1. The first-order valence-electron chi connectivity index (χ1n) is 4.08. The molecular weight excluding hydrogens is 190 g/mol. The minimum atomic E-state index is -0.147. The predicted octanol–water partition coefficient (Wildman–Crippen LogP) is 0.779. The fourth-order valence-corrected chi connectivity index (χ4v) is 1.03. The quantitative estimate of drug-likeness (QED) is 0.578. The van der Waals surface area contributed by atoms with Crippen molar-refractivity contribution in [3.63, 3.8) is 0 Å². The molecule has 4 nitrogen and oxygen atoms in total. The Kier molecular flexibility index (Phi) is 3.76. The van der Waals surface area contributed by atoms with Crippen LogP contribution in [0.3, 0.4) is 0 Å². The van der Waals surface area contributed by atoms with Crippen LogP contribution in [-0.4, -0.2) is 28.1 Å². The first kappa shape index (κ1) is 10.1. The van der Waals surface area contributed by atoms with E-state index in [1.165, 1.54) is 0 Å². The van der Waals surface area contributed by atoms with E-state index >= 15 is 0 Å². The molecule has 1 rings (SSSR count). The summed E-state index contributed by atoms with van der Waals surface area (Å²) in [7, 11) is 1.77. The molecule has 0 spiro atoms. The van der Waals surface area contributed by atoms with Crippen LogP contribution in [0.5, 0.6) is 0 Å². The molecule has 72 valence electrons. The summed E-state index contributed by atoms with van der Waals surface area (Å²) in [5.41, 5.74) is 0.442. The highest BCUT2D eigenvalue weighted by Crippen LogP contribution is 1.93. The van der Waals surface area contributed by atoms with Crippen molar-refractivity contribution in [2.24, 2.45) is 7.05 Å². The summed E-state index contributed by atoms with van der Waals surface area (Å²) in [5, 5.41) is 6.67. The Morgan fingerprint density at radius 3 is 3.08 bits per heavy atom. The highest BCUT2D eigenvalue weighted by molar-refractivity contribution is 6.17. The zero-order valence-corrected chi connectivity index (χ0v) is 8.21. The fourth-order valence-electron chi connectivity index (χ4n) is 0.895. The molecule has 0 radical (unpaired) electrons. The molecule has 0 aliphatic heterocycles. The largest absolute Gasteiger partial charge is 0.351 e. The van der Waals surface area contributed by atoms with Gasteiger partial charge in [0.25, 0.3) is 5.91 Å². The van der Waals surface area contributed by atoms with E-state index in [9.17, 15) is 4.79 Å². The van der Waals surface area contributed by atoms with E-state index in [0.717, 1.165) is 6.42 Å². The molecule has 1 amide bonds. The van der Waals surface area contributed by atoms with Gasteiger partial charge in [0.2, 0.25) is 0 Å². The average molecular weight is 202 g/mol. The minimum Gasteiger partial charge on any atom is -0.351 e. The molecule has 0 saturated heterocycles. The number of rotatable bonds is 4. The van der Waals surface area contributed by atoms with Crippen molar-refractivity contribution in [1.82, 2.24) is 15.1 Å². The van der Waals surface area contributed by atoms with Crippen molar-refractivity contribution in [3.8, 4) is 0 Å². The van der Waals surface area contributed by atoms with Crippen molar-refractivity contribution < 1.29 is 4.79 Å². The third-order valence-corrected chi connectivity index (χ3v) is 1.81. The number of carbonyl (C=O) groups is 1. The maximum atomic E-state index is 11.3. The predicted molar refractivity (Wildman–Crippen MR) is 50.9 cm³/mol. The number of nitrogens with zero attached hydrogens (tertiary/aromatic N) is 2. The molecule has 1 heterocycles. The summed E-state index contributed by atoms with van der Waals surface area (Å²) in [4.78, 5) is 11.3. The zero-order chi connectivity index (χ0) is 9.68. The van der Waals surface area contributed by atoms with E-state index in [4.69, 9.17) is 11.6 Å². The number of aromatic nitrogens is 2. The van der Waals surface area contributed by atoms with Gasteiger partial charge in [-0.3, -0.25) is 9.48 Å². The van der Waals surface area contributed by atoms with Gasteiger partial charge in [-0.2, -0.15) is 5.10 Å². The summed E-state index contributed by atoms with van der Waals surface area (Å²) in [6, 6.07) is 1.68. The van der Waals surface area contributed by atoms with Crippen molar-refractivity contribution in [2.45, 2.75) is 6.42 Å². The van der Waals surface area contributed by atoms with Crippen LogP contribution >= 0.6 is 11.6 Å². The van der Waals surface area contributed by atoms with Gasteiger partial charge < -0.3 is 5.32 Å². The summed E-state index contributed by atoms with van der Waals surface area (Å²) >= 11 is 5.46. The molecule has 13 heavy (non-hydrogen) atoms. The molecule has 1 N–H and O–H groups in total. The molecule has 5 heteroatoms. The first-order valence-corrected chi connectivity index (χ1v) is 4.61. The maximum Gasteiger partial charge on any atom is 0.271 e. The van der Waals surface area contributed by atoms with Gasteiger partial charge in [0.1, 0.15) is 5.69 Å². The van der Waals surface area contributed by atoms with Crippen molar-refractivity contribution in [3.05, 3.63) is 18.0 Å². The number of aryl methyl sites for hydroxylation is 1. The van der Waals surface area contributed by atoms with Gasteiger partial charge >= 0.3 is 0 Å². The van der Waals surface area contributed by atoms with Crippen molar-refractivity contribution in [2.75, 3.05) is 12.4 Å². The summed E-state index contributed by atoms with van der Waals surface area (Å²) in [6.07, 6.45) is 2.51. The highest BCUT2D eigenvalue weighted by Gasteiger charge is 2.06. The molecule has 0 aliphatic carbocycles. The lowest BCUT2D eigenvalue weighted by atomic mass is 10.4. The molecule has 0 atom stereocenters. The third kappa shape index (κ3) is 3.06. The monoisotopic (exact) mass is 201 g/mol. The van der Waals surface area contributed by atoms with Crippen LogP contribution in [0, 0.1) is 0 Å². The SMILES string of the molecule is Cn1ccc(C(=O)NCCCCl)n1. The molecule has 0 bridgehead atoms. The Morgan fingerprint density at radius 2 is 2.54 bits per heavy atom. The van der Waals surface area contributed by atoms with Gasteiger partial charge in [0, 0.05) is 25.7 Å². The van der Waals surface area contributed by atoms with Crippen LogP contribution in [0.4, 0.5) is 0 Å². The summed E-state index contributed by atoms with van der Waals surface area (Å²) < 4.78 is 1.59. The van der Waals surface area contributed by atoms with Gasteiger partial charge in [-0.25, -0.2) is 0 Å². The number of halogens is 1. The van der Waals surface area contributed by atoms with Gasteiger partial charge in [0.05, 0.1) is 0 Å². The molecule has 1 aromatic rings. The zero-order valence-electron chi connectivity index (χ0n) is 7.46. The van der Waals surface area contributed by atoms with E-state index in [1.54, 1.807) is 24.0 Å². The van der Waals surface area contributed by atoms with Crippen LogP contribution in [0.2, 0.25) is 0 Å². The molecular formula is C8H12ClN3O. The van der Waals surface area contributed by atoms with Gasteiger partial charge in [0.15, 0.2) is 0 Å². The second-order valence-electron chi connectivity index (χ2n) is 2.67. The Labute approximate surface area is 81.9 Å². The van der Waals surface area contributed by atoms with Crippen LogP contribution in [0.1, 0.15) is 16.9 Å². The Hall–Kier alpha value is -1.03. The third-order valence-electron chi connectivity index (χ3n) is 1.54. The van der Waals surface area contributed by atoms with Crippen LogP contribution in [0.15, 0.2) is 12.3 Å². The van der Waals surface area contributed by atoms with E-state index in [0.29, 0.717) is 18.1 Å². The minimum absolute atomic E-state index is 0.147. The van der Waals surface area contributed by atoms with Gasteiger partial charge in [-0.1, -0.05) is 0 Å². The second-order valence-corrected chi connectivity index (χ2v) is 3.05. The normalized spacial score (nSPS) is 10.0. The molecule has 0 saturated carbocycles. The first-order chi connectivity index (χ1) is 6.24. The lowest BCUT2D eigenvalue weighted by molar-refractivity contribution is 0.0948. The smallest absolute Gasteiger partial charge is 0.271 e. The number of alkyl halides is 1. The van der Waals surface area contributed by atoms with Crippen LogP contribution in [0.25, 0.3) is 0 Å². The second kappa shape index (κ2) is 4.87. The van der Waals surface area contributed by atoms with E-state index in [1.807, 2.05) is 0 Å². The molecule has 1 aromatic heterocycles. The molecule has 0 unspecified atom stereocenters. The van der Waals surface area contributed by atoms with Gasteiger partial charge in [-0.15, -0.1) is 11.6 Å². The summed E-state index contributed by atoms with van der Waals surface area (Å²) in [6.45, 7) is 0.596. The van der Waals surface area contributed by atoms with E-state index in [-0.39, 0.29) is 5.91 Å². The Morgan fingerprint density at radius 1 is 1.77 bits per heavy atom. The fraction of sp³-hybridized carbons (Fsp3) is 0.500. The number of hydrogen-bond donors (Lipinski definition) is 1. The van der Waals surface area contributed by atoms with Crippen molar-refractivity contribution >= 4 is 17.5 Å². The molecule has 0 aliphatic rings. The van der Waals surface area contributed by atoms with E-state index < -0.39 is 0 Å².